The van der Waals surface area contributed by atoms with Crippen LogP contribution < -0.4 is 16.1 Å². The second-order valence-corrected chi connectivity index (χ2v) is 4.30. The fraction of sp³-hybridized carbons (Fsp3) is 0.385. The summed E-state index contributed by atoms with van der Waals surface area (Å²) in [6, 6.07) is 5.77. The maximum atomic E-state index is 11.1. The lowest BCUT2D eigenvalue weighted by molar-refractivity contribution is -0.138. The molecule has 1 unspecified atom stereocenters. The number of nitrogens with zero attached hydrogens (tertiary/aromatic N) is 1. The standard InChI is InChI=1S/C13H19N3O4/c1-2-16(20)10-5-3-9(4-6-10)15-11(13(18)19)7-8-12(14)17/h3-6,11,15,20H,2,7-8H2,1H3,(H2,14,17)(H,18,19). The summed E-state index contributed by atoms with van der Waals surface area (Å²) >= 11 is 0. The van der Waals surface area contributed by atoms with Gasteiger partial charge in [-0.25, -0.2) is 4.79 Å². The summed E-state index contributed by atoms with van der Waals surface area (Å²) in [7, 11) is 0. The fourth-order valence-electron chi connectivity index (χ4n) is 1.66. The lowest BCUT2D eigenvalue weighted by Gasteiger charge is -2.17. The molecule has 0 radical (unpaired) electrons. The van der Waals surface area contributed by atoms with Gasteiger partial charge in [-0.15, -0.1) is 0 Å². The van der Waals surface area contributed by atoms with Crippen molar-refractivity contribution in [3.63, 3.8) is 0 Å². The van der Waals surface area contributed by atoms with Gasteiger partial charge in [0.1, 0.15) is 6.04 Å². The van der Waals surface area contributed by atoms with Crippen molar-refractivity contribution < 1.29 is 19.9 Å². The number of aliphatic carboxylic acids is 1. The Bertz CT molecular complexity index is 461. The zero-order valence-corrected chi connectivity index (χ0v) is 11.2. The van der Waals surface area contributed by atoms with Gasteiger partial charge < -0.3 is 16.2 Å². The number of carboxylic acids is 1. The van der Waals surface area contributed by atoms with Crippen molar-refractivity contribution >= 4 is 23.3 Å². The maximum Gasteiger partial charge on any atom is 0.326 e. The minimum absolute atomic E-state index is 0.00228. The molecule has 1 rings (SSSR count). The van der Waals surface area contributed by atoms with Gasteiger partial charge in [-0.2, -0.15) is 0 Å². The predicted molar refractivity (Wildman–Crippen MR) is 74.7 cm³/mol. The molecule has 1 aromatic rings. The van der Waals surface area contributed by atoms with Gasteiger partial charge in [-0.3, -0.25) is 15.1 Å². The number of amides is 1. The van der Waals surface area contributed by atoms with Crippen molar-refractivity contribution in [2.45, 2.75) is 25.8 Å². The molecule has 0 saturated carbocycles. The number of hydroxylamine groups is 1. The molecule has 20 heavy (non-hydrogen) atoms. The van der Waals surface area contributed by atoms with Crippen LogP contribution >= 0.6 is 0 Å². The third kappa shape index (κ3) is 4.77. The number of rotatable bonds is 8. The van der Waals surface area contributed by atoms with Gasteiger partial charge in [0.2, 0.25) is 5.91 Å². The van der Waals surface area contributed by atoms with E-state index >= 15 is 0 Å². The lowest BCUT2D eigenvalue weighted by atomic mass is 10.1. The first-order valence-corrected chi connectivity index (χ1v) is 6.28. The highest BCUT2D eigenvalue weighted by Gasteiger charge is 2.17. The van der Waals surface area contributed by atoms with Gasteiger partial charge >= 0.3 is 5.97 Å². The molecule has 7 heteroatoms. The third-order valence-electron chi connectivity index (χ3n) is 2.78. The fourth-order valence-corrected chi connectivity index (χ4v) is 1.66. The monoisotopic (exact) mass is 281 g/mol. The van der Waals surface area contributed by atoms with Gasteiger partial charge in [0.25, 0.3) is 0 Å². The average Bonchev–Trinajstić information content (AvgIpc) is 2.42. The molecule has 5 N–H and O–H groups in total. The van der Waals surface area contributed by atoms with Crippen LogP contribution in [0.4, 0.5) is 11.4 Å². The quantitative estimate of drug-likeness (QED) is 0.529. The molecule has 1 amide bonds. The molecule has 110 valence electrons. The second kappa shape index (κ2) is 7.34. The van der Waals surface area contributed by atoms with E-state index in [1.807, 2.05) is 0 Å². The van der Waals surface area contributed by atoms with Crippen LogP contribution in [0.3, 0.4) is 0 Å². The Labute approximate surface area is 117 Å². The number of primary amides is 1. The van der Waals surface area contributed by atoms with E-state index < -0.39 is 17.9 Å². The molecule has 0 spiro atoms. The largest absolute Gasteiger partial charge is 0.480 e. The van der Waals surface area contributed by atoms with Gasteiger partial charge in [0, 0.05) is 18.7 Å². The van der Waals surface area contributed by atoms with Crippen molar-refractivity contribution in [2.24, 2.45) is 5.73 Å². The topological polar surface area (TPSA) is 116 Å². The molecule has 0 aliphatic carbocycles. The molecule has 1 atom stereocenters. The second-order valence-electron chi connectivity index (χ2n) is 4.30. The number of hydrogen-bond acceptors (Lipinski definition) is 5. The highest BCUT2D eigenvalue weighted by atomic mass is 16.5. The van der Waals surface area contributed by atoms with Crippen molar-refractivity contribution in [3.8, 4) is 0 Å². The lowest BCUT2D eigenvalue weighted by Crippen LogP contribution is -2.30. The number of benzene rings is 1. The van der Waals surface area contributed by atoms with Gasteiger partial charge in [-0.05, 0) is 37.6 Å². The van der Waals surface area contributed by atoms with Crippen LogP contribution in [-0.2, 0) is 9.59 Å². The van der Waals surface area contributed by atoms with Crippen molar-refractivity contribution in [1.29, 1.82) is 0 Å². The third-order valence-corrected chi connectivity index (χ3v) is 2.78. The van der Waals surface area contributed by atoms with Crippen LogP contribution in [0.1, 0.15) is 19.8 Å². The first kappa shape index (κ1) is 15.8. The smallest absolute Gasteiger partial charge is 0.326 e. The van der Waals surface area contributed by atoms with E-state index in [0.29, 0.717) is 17.9 Å². The van der Waals surface area contributed by atoms with Crippen LogP contribution in [0.15, 0.2) is 24.3 Å². The maximum absolute atomic E-state index is 11.1. The molecule has 0 aliphatic rings. The molecule has 0 saturated heterocycles. The molecular weight excluding hydrogens is 262 g/mol. The number of nitrogens with two attached hydrogens (primary N) is 1. The average molecular weight is 281 g/mol. The van der Waals surface area contributed by atoms with Gasteiger partial charge in [0.05, 0.1) is 5.69 Å². The summed E-state index contributed by atoms with van der Waals surface area (Å²) in [5.41, 5.74) is 6.22. The number of nitrogens with one attached hydrogen (secondary N) is 1. The molecule has 0 fully saturated rings. The minimum Gasteiger partial charge on any atom is -0.480 e. The van der Waals surface area contributed by atoms with E-state index in [-0.39, 0.29) is 12.8 Å². The van der Waals surface area contributed by atoms with E-state index in [2.05, 4.69) is 5.32 Å². The molecule has 0 aliphatic heterocycles. The summed E-state index contributed by atoms with van der Waals surface area (Å²) in [5.74, 6) is -1.58. The van der Waals surface area contributed by atoms with E-state index in [4.69, 9.17) is 10.8 Å². The van der Waals surface area contributed by atoms with E-state index in [1.165, 1.54) is 0 Å². The summed E-state index contributed by atoms with van der Waals surface area (Å²) in [4.78, 5) is 21.8. The Kier molecular flexibility index (Phi) is 5.79. The highest BCUT2D eigenvalue weighted by Crippen LogP contribution is 2.18. The summed E-state index contributed by atoms with van der Waals surface area (Å²) < 4.78 is 0. The Morgan fingerprint density at radius 1 is 1.35 bits per heavy atom. The molecule has 0 heterocycles. The van der Waals surface area contributed by atoms with Gasteiger partial charge in [-0.1, -0.05) is 0 Å². The minimum atomic E-state index is -1.05. The Morgan fingerprint density at radius 3 is 2.40 bits per heavy atom. The Balaban J connectivity index is 2.69. The number of carbonyl (C=O) groups is 2. The number of carbonyl (C=O) groups excluding carboxylic acids is 1. The van der Waals surface area contributed by atoms with Crippen LogP contribution in [0.25, 0.3) is 0 Å². The Hall–Kier alpha value is -2.28. The predicted octanol–water partition coefficient (Wildman–Crippen LogP) is 1.03. The molecular formula is C13H19N3O4. The molecule has 0 aromatic heterocycles. The summed E-state index contributed by atoms with van der Waals surface area (Å²) in [6.45, 7) is 2.25. The van der Waals surface area contributed by atoms with Crippen molar-refractivity contribution in [3.05, 3.63) is 24.3 Å². The van der Waals surface area contributed by atoms with E-state index in [9.17, 15) is 14.8 Å². The zero-order valence-electron chi connectivity index (χ0n) is 11.2. The summed E-state index contributed by atoms with van der Waals surface area (Å²) in [6.07, 6.45) is 0.121. The Morgan fingerprint density at radius 2 is 1.95 bits per heavy atom. The van der Waals surface area contributed by atoms with Crippen LogP contribution in [0, 0.1) is 0 Å². The van der Waals surface area contributed by atoms with E-state index in [0.717, 1.165) is 5.06 Å². The van der Waals surface area contributed by atoms with Crippen LogP contribution in [0.5, 0.6) is 0 Å². The number of anilines is 2. The first-order valence-electron chi connectivity index (χ1n) is 6.28. The zero-order chi connectivity index (χ0) is 15.1. The first-order chi connectivity index (χ1) is 9.43. The van der Waals surface area contributed by atoms with E-state index in [1.54, 1.807) is 31.2 Å². The van der Waals surface area contributed by atoms with Crippen LogP contribution in [0.2, 0.25) is 0 Å². The normalized spacial score (nSPS) is 11.7. The SMILES string of the molecule is CCN(O)c1ccc(NC(CCC(N)=O)C(=O)O)cc1. The molecule has 0 bridgehead atoms. The highest BCUT2D eigenvalue weighted by molar-refractivity contribution is 5.79. The number of carboxylic acid groups (broad SMARTS) is 1. The molecule has 1 aromatic carbocycles. The van der Waals surface area contributed by atoms with Crippen molar-refractivity contribution in [2.75, 3.05) is 16.9 Å². The van der Waals surface area contributed by atoms with Gasteiger partial charge in [0.15, 0.2) is 0 Å². The molecule has 7 nitrogen and oxygen atoms in total. The summed E-state index contributed by atoms with van der Waals surface area (Å²) in [5, 5.41) is 22.5. The van der Waals surface area contributed by atoms with Crippen molar-refractivity contribution in [1.82, 2.24) is 0 Å². The van der Waals surface area contributed by atoms with Crippen LogP contribution in [-0.4, -0.2) is 34.8 Å². The number of hydrogen-bond donors (Lipinski definition) is 4.